The minimum atomic E-state index is -5.21. The predicted octanol–water partition coefficient (Wildman–Crippen LogP) is 9.44. The summed E-state index contributed by atoms with van der Waals surface area (Å²) in [5, 5.41) is 1.29. The van der Waals surface area contributed by atoms with Gasteiger partial charge in [-0.1, -0.05) is 46.9 Å². The third-order valence-electron chi connectivity index (χ3n) is 5.03. The van der Waals surface area contributed by atoms with Gasteiger partial charge in [-0.2, -0.15) is 39.5 Å². The van der Waals surface area contributed by atoms with Crippen molar-refractivity contribution < 1.29 is 48.7 Å². The average molecular weight is 619 g/mol. The van der Waals surface area contributed by atoms with E-state index in [9.17, 15) is 48.7 Å². The molecule has 0 amide bonds. The van der Waals surface area contributed by atoms with Gasteiger partial charge < -0.3 is 5.32 Å². The monoisotopic (exact) mass is 617 g/mol. The molecule has 0 bridgehead atoms. The fourth-order valence-corrected chi connectivity index (χ4v) is 3.87. The molecule has 38 heavy (non-hydrogen) atoms. The lowest BCUT2D eigenvalue weighted by Gasteiger charge is -2.19. The molecule has 0 aliphatic heterocycles. The molecule has 0 radical (unpaired) electrons. The van der Waals surface area contributed by atoms with E-state index in [1.54, 1.807) is 0 Å². The van der Waals surface area contributed by atoms with Crippen molar-refractivity contribution in [1.29, 1.82) is 0 Å². The van der Waals surface area contributed by atoms with Gasteiger partial charge in [0.15, 0.2) is 5.78 Å². The van der Waals surface area contributed by atoms with Crippen molar-refractivity contribution in [1.82, 2.24) is 5.32 Å². The molecule has 2 aromatic rings. The molecule has 1 unspecified atom stereocenters. The molecule has 2 rings (SSSR count). The van der Waals surface area contributed by atoms with E-state index in [4.69, 9.17) is 34.8 Å². The van der Waals surface area contributed by atoms with Crippen molar-refractivity contribution in [3.8, 4) is 0 Å². The lowest BCUT2D eigenvalue weighted by atomic mass is 9.95. The number of allylic oxidation sites excluding steroid dienone is 1. The van der Waals surface area contributed by atoms with Gasteiger partial charge in [0.1, 0.15) is 11.7 Å². The Bertz CT molecular complexity index is 1170. The van der Waals surface area contributed by atoms with Gasteiger partial charge in [0.05, 0.1) is 27.2 Å². The maximum absolute atomic E-state index is 14.9. The van der Waals surface area contributed by atoms with Crippen LogP contribution in [0, 0.1) is 0 Å². The molecule has 15 heteroatoms. The normalized spacial score (nSPS) is 14.1. The molecule has 1 N–H and O–H groups in total. The van der Waals surface area contributed by atoms with Crippen LogP contribution in [0.3, 0.4) is 0 Å². The largest absolute Gasteiger partial charge is 0.417 e. The molecule has 0 aliphatic carbocycles. The van der Waals surface area contributed by atoms with Gasteiger partial charge in [-0.15, -0.1) is 0 Å². The Balaban J connectivity index is 2.38. The van der Waals surface area contributed by atoms with Gasteiger partial charge in [-0.3, -0.25) is 4.79 Å². The fourth-order valence-electron chi connectivity index (χ4n) is 3.26. The number of hydrogen-bond donors (Lipinski definition) is 1. The summed E-state index contributed by atoms with van der Waals surface area (Å²) in [5.41, 5.74) is -4.12. The van der Waals surface area contributed by atoms with Gasteiger partial charge in [0, 0.05) is 17.5 Å². The molecular formula is C23H16Cl3F10NO. The van der Waals surface area contributed by atoms with E-state index in [0.717, 1.165) is 12.1 Å². The van der Waals surface area contributed by atoms with Gasteiger partial charge >= 0.3 is 18.5 Å². The van der Waals surface area contributed by atoms with E-state index in [0.29, 0.717) is 12.1 Å². The van der Waals surface area contributed by atoms with Crippen LogP contribution >= 0.6 is 34.8 Å². The molecule has 0 saturated heterocycles. The summed E-state index contributed by atoms with van der Waals surface area (Å²) in [4.78, 5) is 12.3. The highest BCUT2D eigenvalue weighted by atomic mass is 35.5. The Morgan fingerprint density at radius 2 is 1.50 bits per heavy atom. The summed E-state index contributed by atoms with van der Waals surface area (Å²) in [7, 11) is 0. The van der Waals surface area contributed by atoms with E-state index in [1.165, 1.54) is 0 Å². The zero-order chi connectivity index (χ0) is 29.1. The first-order valence-electron chi connectivity index (χ1n) is 10.4. The second-order valence-electron chi connectivity index (χ2n) is 7.91. The molecule has 0 heterocycles. The molecule has 2 nitrogen and oxygen atoms in total. The molecule has 210 valence electrons. The highest BCUT2D eigenvalue weighted by molar-refractivity contribution is 6.48. The highest BCUT2D eigenvalue weighted by Gasteiger charge is 2.41. The van der Waals surface area contributed by atoms with Crippen molar-refractivity contribution in [2.24, 2.45) is 0 Å². The van der Waals surface area contributed by atoms with Crippen molar-refractivity contribution in [3.05, 3.63) is 73.7 Å². The summed E-state index contributed by atoms with van der Waals surface area (Å²) in [6.07, 6.45) is -16.3. The number of hydrogen-bond acceptors (Lipinski definition) is 2. The zero-order valence-electron chi connectivity index (χ0n) is 18.7. The van der Waals surface area contributed by atoms with E-state index < -0.39 is 77.7 Å². The third-order valence-corrected chi connectivity index (χ3v) is 6.23. The Morgan fingerprint density at radius 3 is 2.00 bits per heavy atom. The van der Waals surface area contributed by atoms with E-state index in [-0.39, 0.29) is 33.8 Å². The van der Waals surface area contributed by atoms with Gasteiger partial charge in [0.2, 0.25) is 0 Å². The van der Waals surface area contributed by atoms with Crippen molar-refractivity contribution in [3.63, 3.8) is 0 Å². The van der Waals surface area contributed by atoms with Crippen LogP contribution < -0.4 is 5.32 Å². The van der Waals surface area contributed by atoms with Gasteiger partial charge in [-0.25, -0.2) is 4.39 Å². The molecule has 0 spiro atoms. The number of halogens is 13. The quantitative estimate of drug-likeness (QED) is 0.131. The van der Waals surface area contributed by atoms with Crippen molar-refractivity contribution >= 4 is 46.4 Å². The van der Waals surface area contributed by atoms with Crippen LogP contribution in [0.25, 0.3) is 5.83 Å². The van der Waals surface area contributed by atoms with Crippen LogP contribution in [0.2, 0.25) is 15.1 Å². The molecular weight excluding hydrogens is 603 g/mol. The number of benzene rings is 2. The minimum Gasteiger partial charge on any atom is -0.310 e. The Labute approximate surface area is 224 Å². The Hall–Kier alpha value is -2.02. The van der Waals surface area contributed by atoms with E-state index in [1.807, 2.05) is 0 Å². The van der Waals surface area contributed by atoms with Crippen LogP contribution in [0.4, 0.5) is 43.9 Å². The van der Waals surface area contributed by atoms with Gasteiger partial charge in [-0.05, 0) is 42.8 Å². The summed E-state index contributed by atoms with van der Waals surface area (Å²) >= 11 is 17.2. The summed E-state index contributed by atoms with van der Waals surface area (Å²) < 4.78 is 133. The average Bonchev–Trinajstić information content (AvgIpc) is 2.77. The summed E-state index contributed by atoms with van der Waals surface area (Å²) in [6.45, 7) is -1.08. The second-order valence-corrected chi connectivity index (χ2v) is 9.10. The number of ketones is 1. The number of alkyl halides is 9. The smallest absolute Gasteiger partial charge is 0.310 e. The maximum atomic E-state index is 14.9. The summed E-state index contributed by atoms with van der Waals surface area (Å²) in [6, 6.07) is 2.97. The van der Waals surface area contributed by atoms with Crippen LogP contribution in [-0.4, -0.2) is 31.2 Å². The van der Waals surface area contributed by atoms with Crippen LogP contribution in [0.1, 0.15) is 45.8 Å². The maximum Gasteiger partial charge on any atom is 0.417 e. The molecule has 1 atom stereocenters. The van der Waals surface area contributed by atoms with E-state index in [2.05, 4.69) is 5.32 Å². The Morgan fingerprint density at radius 1 is 0.921 bits per heavy atom. The lowest BCUT2D eigenvalue weighted by Crippen LogP contribution is -2.27. The number of carbonyl (C=O) groups is 1. The first kappa shape index (κ1) is 32.2. The van der Waals surface area contributed by atoms with Crippen LogP contribution in [-0.2, 0) is 6.18 Å². The number of carbonyl (C=O) groups excluding carboxylic acids is 1. The molecule has 0 aromatic heterocycles. The zero-order valence-corrected chi connectivity index (χ0v) is 21.0. The molecule has 0 aliphatic rings. The van der Waals surface area contributed by atoms with Crippen molar-refractivity contribution in [2.75, 3.05) is 13.1 Å². The van der Waals surface area contributed by atoms with Crippen LogP contribution in [0.5, 0.6) is 0 Å². The molecule has 2 aromatic carbocycles. The van der Waals surface area contributed by atoms with Crippen molar-refractivity contribution in [2.45, 2.75) is 37.3 Å². The minimum absolute atomic E-state index is 0.0229. The SMILES string of the molecule is O=C(CNCCCC(F)(F)F)c1ccc(/C(F)=C/C(c2cc(Cl)c(Cl)c(Cl)c2)C(F)(F)F)cc1C(F)(F)F. The highest BCUT2D eigenvalue weighted by Crippen LogP contribution is 2.42. The standard InChI is InChI=1S/C23H16Cl3F10NO/c24-16-7-12(8-17(25)20(16)26)14(22(31,32)33)9-18(27)11-2-3-13(15(6-11)23(34,35)36)19(38)10-37-5-1-4-21(28,29)30/h2-3,6-9,14,37H,1,4-5,10H2/b18-9-. The van der Waals surface area contributed by atoms with Gasteiger partial charge in [0.25, 0.3) is 0 Å². The molecule has 0 saturated carbocycles. The first-order chi connectivity index (χ1) is 17.3. The third kappa shape index (κ3) is 9.03. The molecule has 0 fully saturated rings. The lowest BCUT2D eigenvalue weighted by molar-refractivity contribution is -0.140. The topological polar surface area (TPSA) is 29.1 Å². The number of Topliss-reactive ketones (excluding diaryl/α,β-unsaturated/α-hetero) is 1. The predicted molar refractivity (Wildman–Crippen MR) is 123 cm³/mol. The summed E-state index contributed by atoms with van der Waals surface area (Å²) in [5.74, 6) is -5.53. The van der Waals surface area contributed by atoms with E-state index >= 15 is 0 Å². The second kappa shape index (κ2) is 12.4. The fraction of sp³-hybridized carbons (Fsp3) is 0.348. The Kier molecular flexibility index (Phi) is 10.5. The number of rotatable bonds is 9. The number of nitrogens with one attached hydrogen (secondary N) is 1. The first-order valence-corrected chi connectivity index (χ1v) is 11.6. The van der Waals surface area contributed by atoms with Crippen LogP contribution in [0.15, 0.2) is 36.4 Å².